The van der Waals surface area contributed by atoms with E-state index in [2.05, 4.69) is 10.3 Å². The predicted octanol–water partition coefficient (Wildman–Crippen LogP) is 2.26. The number of para-hydroxylation sites is 2. The zero-order valence-electron chi connectivity index (χ0n) is 12.9. The molecule has 118 valence electrons. The van der Waals surface area contributed by atoms with Gasteiger partial charge in [-0.15, -0.1) is 0 Å². The molecule has 0 aliphatic heterocycles. The molecule has 2 unspecified atom stereocenters. The lowest BCUT2D eigenvalue weighted by molar-refractivity contribution is -0.124. The summed E-state index contributed by atoms with van der Waals surface area (Å²) in [6, 6.07) is 7.42. The molecule has 22 heavy (non-hydrogen) atoms. The number of fused-ring (bicyclic) bond motifs is 1. The number of aliphatic hydroxyl groups excluding tert-OH is 1. The number of benzene rings is 1. The molecule has 5 nitrogen and oxygen atoms in total. The van der Waals surface area contributed by atoms with Crippen molar-refractivity contribution >= 4 is 16.9 Å². The van der Waals surface area contributed by atoms with Crippen molar-refractivity contribution in [2.24, 2.45) is 5.92 Å². The van der Waals surface area contributed by atoms with Crippen LogP contribution < -0.4 is 5.32 Å². The zero-order chi connectivity index (χ0) is 15.5. The standard InChI is InChI=1S/C17H23N3O2/c1-12(20-11-19-14-8-4-5-9-15(14)20)17(22)18-10-16(21)13-6-2-3-7-13/h4-5,8-9,11-13,16,21H,2-3,6-7,10H2,1H3,(H,18,22). The summed E-state index contributed by atoms with van der Waals surface area (Å²) in [6.07, 6.45) is 5.78. The third-order valence-corrected chi connectivity index (χ3v) is 4.71. The van der Waals surface area contributed by atoms with Crippen LogP contribution in [0.5, 0.6) is 0 Å². The van der Waals surface area contributed by atoms with Crippen molar-refractivity contribution in [2.75, 3.05) is 6.54 Å². The van der Waals surface area contributed by atoms with Gasteiger partial charge in [0.25, 0.3) is 0 Å². The third-order valence-electron chi connectivity index (χ3n) is 4.71. The number of hydrogen-bond donors (Lipinski definition) is 2. The molecule has 1 amide bonds. The predicted molar refractivity (Wildman–Crippen MR) is 85.4 cm³/mol. The maximum absolute atomic E-state index is 12.3. The van der Waals surface area contributed by atoms with Crippen LogP contribution >= 0.6 is 0 Å². The van der Waals surface area contributed by atoms with Crippen molar-refractivity contribution in [3.63, 3.8) is 0 Å². The van der Waals surface area contributed by atoms with Gasteiger partial charge in [-0.2, -0.15) is 0 Å². The highest BCUT2D eigenvalue weighted by molar-refractivity contribution is 5.83. The van der Waals surface area contributed by atoms with Crippen molar-refractivity contribution in [3.05, 3.63) is 30.6 Å². The Labute approximate surface area is 130 Å². The first-order chi connectivity index (χ1) is 10.7. The van der Waals surface area contributed by atoms with E-state index < -0.39 is 6.10 Å². The number of nitrogens with zero attached hydrogens (tertiary/aromatic N) is 2. The summed E-state index contributed by atoms with van der Waals surface area (Å²) < 4.78 is 1.87. The van der Waals surface area contributed by atoms with Crippen molar-refractivity contribution < 1.29 is 9.90 Å². The van der Waals surface area contributed by atoms with Crippen molar-refractivity contribution in [1.82, 2.24) is 14.9 Å². The summed E-state index contributed by atoms with van der Waals surface area (Å²) in [4.78, 5) is 16.6. The Morgan fingerprint density at radius 1 is 1.41 bits per heavy atom. The molecule has 2 atom stereocenters. The van der Waals surface area contributed by atoms with E-state index >= 15 is 0 Å². The number of carbonyl (C=O) groups is 1. The van der Waals surface area contributed by atoms with Gasteiger partial charge < -0.3 is 15.0 Å². The number of hydrogen-bond acceptors (Lipinski definition) is 3. The fraction of sp³-hybridized carbons (Fsp3) is 0.529. The third kappa shape index (κ3) is 2.99. The number of nitrogens with one attached hydrogen (secondary N) is 1. The van der Waals surface area contributed by atoms with Crippen LogP contribution in [-0.4, -0.2) is 33.2 Å². The first-order valence-electron chi connectivity index (χ1n) is 8.04. The Morgan fingerprint density at radius 3 is 2.91 bits per heavy atom. The van der Waals surface area contributed by atoms with E-state index in [4.69, 9.17) is 0 Å². The molecule has 1 aromatic carbocycles. The minimum atomic E-state index is -0.432. The summed E-state index contributed by atoms with van der Waals surface area (Å²) >= 11 is 0. The highest BCUT2D eigenvalue weighted by atomic mass is 16.3. The van der Waals surface area contributed by atoms with Gasteiger partial charge in [0, 0.05) is 6.54 Å². The first kappa shape index (κ1) is 15.0. The molecule has 1 aromatic heterocycles. The molecule has 0 spiro atoms. The molecule has 1 aliphatic carbocycles. The molecule has 2 aromatic rings. The molecule has 2 N–H and O–H groups in total. The summed E-state index contributed by atoms with van der Waals surface area (Å²) in [7, 11) is 0. The van der Waals surface area contributed by atoms with Gasteiger partial charge in [-0.05, 0) is 37.8 Å². The Kier molecular flexibility index (Phi) is 4.43. The minimum absolute atomic E-state index is 0.0831. The van der Waals surface area contributed by atoms with Gasteiger partial charge in [0.15, 0.2) is 0 Å². The Balaban J connectivity index is 1.62. The monoisotopic (exact) mass is 301 g/mol. The lowest BCUT2D eigenvalue weighted by Gasteiger charge is -2.20. The van der Waals surface area contributed by atoms with Gasteiger partial charge in [-0.3, -0.25) is 4.79 Å². The van der Waals surface area contributed by atoms with E-state index in [1.54, 1.807) is 6.33 Å². The number of aliphatic hydroxyl groups is 1. The minimum Gasteiger partial charge on any atom is -0.391 e. The van der Waals surface area contributed by atoms with Crippen LogP contribution in [0.15, 0.2) is 30.6 Å². The van der Waals surface area contributed by atoms with E-state index in [0.717, 1.165) is 23.9 Å². The van der Waals surface area contributed by atoms with Crippen molar-refractivity contribution in [3.8, 4) is 0 Å². The maximum atomic E-state index is 12.3. The normalized spacial score (nSPS) is 18.5. The largest absolute Gasteiger partial charge is 0.391 e. The van der Waals surface area contributed by atoms with Gasteiger partial charge in [0.05, 0.1) is 23.5 Å². The smallest absolute Gasteiger partial charge is 0.242 e. The van der Waals surface area contributed by atoms with E-state index in [0.29, 0.717) is 12.5 Å². The lowest BCUT2D eigenvalue weighted by atomic mass is 10.0. The second kappa shape index (κ2) is 6.48. The average molecular weight is 301 g/mol. The molecule has 5 heteroatoms. The molecular formula is C17H23N3O2. The van der Waals surface area contributed by atoms with E-state index in [1.165, 1.54) is 12.8 Å². The molecule has 3 rings (SSSR count). The summed E-state index contributed by atoms with van der Waals surface area (Å²) in [6.45, 7) is 2.19. The molecule has 1 saturated carbocycles. The molecule has 0 saturated heterocycles. The first-order valence-corrected chi connectivity index (χ1v) is 8.04. The van der Waals surface area contributed by atoms with Crippen LogP contribution in [0.1, 0.15) is 38.6 Å². The number of imidazole rings is 1. The maximum Gasteiger partial charge on any atom is 0.242 e. The number of rotatable bonds is 5. The zero-order valence-corrected chi connectivity index (χ0v) is 12.9. The second-order valence-corrected chi connectivity index (χ2v) is 6.17. The van der Waals surface area contributed by atoms with Gasteiger partial charge in [0.1, 0.15) is 6.04 Å². The van der Waals surface area contributed by atoms with E-state index in [-0.39, 0.29) is 11.9 Å². The number of amides is 1. The fourth-order valence-electron chi connectivity index (χ4n) is 3.27. The Hall–Kier alpha value is -1.88. The van der Waals surface area contributed by atoms with Gasteiger partial charge in [-0.1, -0.05) is 25.0 Å². The quantitative estimate of drug-likeness (QED) is 0.890. The van der Waals surface area contributed by atoms with E-state index in [9.17, 15) is 9.90 Å². The highest BCUT2D eigenvalue weighted by Gasteiger charge is 2.24. The Bertz CT molecular complexity index is 646. The second-order valence-electron chi connectivity index (χ2n) is 6.17. The molecule has 0 radical (unpaired) electrons. The molecule has 1 fully saturated rings. The average Bonchev–Trinajstić information content (AvgIpc) is 3.20. The molecular weight excluding hydrogens is 278 g/mol. The van der Waals surface area contributed by atoms with Crippen molar-refractivity contribution in [2.45, 2.75) is 44.8 Å². The SMILES string of the molecule is CC(C(=O)NCC(O)C1CCCC1)n1cnc2ccccc21. The van der Waals surface area contributed by atoms with Crippen LogP contribution in [0.4, 0.5) is 0 Å². The highest BCUT2D eigenvalue weighted by Crippen LogP contribution is 2.27. The van der Waals surface area contributed by atoms with Crippen molar-refractivity contribution in [1.29, 1.82) is 0 Å². The van der Waals surface area contributed by atoms with Crippen LogP contribution in [-0.2, 0) is 4.79 Å². The molecule has 1 heterocycles. The summed E-state index contributed by atoms with van der Waals surface area (Å²) in [5.41, 5.74) is 1.83. The molecule has 1 aliphatic rings. The van der Waals surface area contributed by atoms with E-state index in [1.807, 2.05) is 35.8 Å². The van der Waals surface area contributed by atoms with Gasteiger partial charge in [0.2, 0.25) is 5.91 Å². The van der Waals surface area contributed by atoms with Crippen LogP contribution in [0.3, 0.4) is 0 Å². The summed E-state index contributed by atoms with van der Waals surface area (Å²) in [5.74, 6) is 0.255. The van der Waals surface area contributed by atoms with Gasteiger partial charge in [-0.25, -0.2) is 4.98 Å². The number of carbonyl (C=O) groups excluding carboxylic acids is 1. The van der Waals surface area contributed by atoms with Crippen LogP contribution in [0.25, 0.3) is 11.0 Å². The van der Waals surface area contributed by atoms with Gasteiger partial charge >= 0.3 is 0 Å². The molecule has 0 bridgehead atoms. The lowest BCUT2D eigenvalue weighted by Crippen LogP contribution is -2.38. The topological polar surface area (TPSA) is 67.2 Å². The fourth-order valence-corrected chi connectivity index (χ4v) is 3.27. The van der Waals surface area contributed by atoms with Crippen LogP contribution in [0, 0.1) is 5.92 Å². The number of aromatic nitrogens is 2. The Morgan fingerprint density at radius 2 is 2.14 bits per heavy atom. The summed E-state index contributed by atoms with van der Waals surface area (Å²) in [5, 5.41) is 13.0. The van der Waals surface area contributed by atoms with Crippen LogP contribution in [0.2, 0.25) is 0 Å².